The van der Waals surface area contributed by atoms with Gasteiger partial charge < -0.3 is 0 Å². The Morgan fingerprint density at radius 3 is 1.96 bits per heavy atom. The van der Waals surface area contributed by atoms with Crippen molar-refractivity contribution in [2.45, 2.75) is 124 Å². The van der Waals surface area contributed by atoms with Crippen LogP contribution >= 0.6 is 0 Å². The van der Waals surface area contributed by atoms with Crippen molar-refractivity contribution in [2.75, 3.05) is 0 Å². The fourth-order valence-corrected chi connectivity index (χ4v) is 7.48. The molecule has 0 radical (unpaired) electrons. The van der Waals surface area contributed by atoms with E-state index in [0.717, 1.165) is 41.4 Å². The fraction of sp³-hybridized carbons (Fsp3) is 1.00. The van der Waals surface area contributed by atoms with Crippen LogP contribution in [-0.4, -0.2) is 0 Å². The summed E-state index contributed by atoms with van der Waals surface area (Å²) >= 11 is 0. The molecule has 0 N–H and O–H groups in total. The first-order chi connectivity index (χ1) is 12.7. The molecule has 4 fully saturated rings. The molecule has 4 aliphatic carbocycles. The van der Waals surface area contributed by atoms with Gasteiger partial charge in [-0.3, -0.25) is 0 Å². The molecule has 26 heavy (non-hydrogen) atoms. The Bertz CT molecular complexity index is 373. The fourth-order valence-electron chi connectivity index (χ4n) is 7.48. The SMILES string of the molecule is CC1CCCCC1.CCCCC1C(C)CC2CCCC2C1C1CCCC1. The van der Waals surface area contributed by atoms with Gasteiger partial charge in [0.15, 0.2) is 0 Å². The minimum atomic E-state index is 1.02. The predicted octanol–water partition coefficient (Wildman–Crippen LogP) is 8.64. The molecule has 4 saturated carbocycles. The number of hydrogen-bond acceptors (Lipinski definition) is 0. The van der Waals surface area contributed by atoms with Gasteiger partial charge in [-0.1, -0.05) is 104 Å². The molecule has 0 nitrogen and oxygen atoms in total. The second kappa shape index (κ2) is 10.5. The summed E-state index contributed by atoms with van der Waals surface area (Å²) in [5.41, 5.74) is 0. The van der Waals surface area contributed by atoms with E-state index in [1.165, 1.54) is 57.8 Å². The van der Waals surface area contributed by atoms with Gasteiger partial charge in [0.05, 0.1) is 0 Å². The van der Waals surface area contributed by atoms with Crippen molar-refractivity contribution in [1.29, 1.82) is 0 Å². The Hall–Kier alpha value is 0. The molecule has 0 amide bonds. The topological polar surface area (TPSA) is 0 Å². The lowest BCUT2D eigenvalue weighted by Gasteiger charge is -2.47. The average Bonchev–Trinajstić information content (AvgIpc) is 3.32. The molecule has 0 heterocycles. The van der Waals surface area contributed by atoms with Crippen LogP contribution in [0.25, 0.3) is 0 Å². The molecule has 5 unspecified atom stereocenters. The molecule has 0 heteroatoms. The zero-order valence-electron chi connectivity index (χ0n) is 18.4. The third-order valence-electron chi connectivity index (χ3n) is 8.84. The summed E-state index contributed by atoms with van der Waals surface area (Å²) in [5, 5.41) is 0. The smallest absolute Gasteiger partial charge is 0.0324 e. The highest BCUT2D eigenvalue weighted by molar-refractivity contribution is 4.97. The first kappa shape index (κ1) is 20.7. The summed E-state index contributed by atoms with van der Waals surface area (Å²) in [5.74, 6) is 7.66. The summed E-state index contributed by atoms with van der Waals surface area (Å²) in [6, 6.07) is 0. The highest BCUT2D eigenvalue weighted by Gasteiger charge is 2.47. The summed E-state index contributed by atoms with van der Waals surface area (Å²) in [7, 11) is 0. The number of fused-ring (bicyclic) bond motifs is 1. The van der Waals surface area contributed by atoms with Gasteiger partial charge in [-0.05, 0) is 60.7 Å². The molecule has 0 spiro atoms. The van der Waals surface area contributed by atoms with E-state index < -0.39 is 0 Å². The van der Waals surface area contributed by atoms with Crippen LogP contribution in [-0.2, 0) is 0 Å². The lowest BCUT2D eigenvalue weighted by molar-refractivity contribution is 0.0160. The third-order valence-corrected chi connectivity index (χ3v) is 8.84. The molecule has 152 valence electrons. The molecule has 5 atom stereocenters. The molecule has 4 rings (SSSR count). The van der Waals surface area contributed by atoms with Gasteiger partial charge in [0.2, 0.25) is 0 Å². The summed E-state index contributed by atoms with van der Waals surface area (Å²) in [6.07, 6.45) is 24.3. The van der Waals surface area contributed by atoms with Crippen LogP contribution in [0, 0.1) is 41.4 Å². The maximum Gasteiger partial charge on any atom is -0.0324 e. The van der Waals surface area contributed by atoms with Crippen molar-refractivity contribution in [1.82, 2.24) is 0 Å². The van der Waals surface area contributed by atoms with E-state index in [1.54, 1.807) is 44.9 Å². The normalized spacial score (nSPS) is 38.7. The van der Waals surface area contributed by atoms with E-state index in [4.69, 9.17) is 0 Å². The van der Waals surface area contributed by atoms with Gasteiger partial charge in [-0.25, -0.2) is 0 Å². The van der Waals surface area contributed by atoms with E-state index in [2.05, 4.69) is 20.8 Å². The van der Waals surface area contributed by atoms with Gasteiger partial charge in [0.25, 0.3) is 0 Å². The van der Waals surface area contributed by atoms with Crippen LogP contribution in [0.4, 0.5) is 0 Å². The van der Waals surface area contributed by atoms with Crippen LogP contribution in [0.1, 0.15) is 124 Å². The van der Waals surface area contributed by atoms with Crippen LogP contribution < -0.4 is 0 Å². The zero-order chi connectivity index (χ0) is 18.4. The summed E-state index contributed by atoms with van der Waals surface area (Å²) in [4.78, 5) is 0. The van der Waals surface area contributed by atoms with Crippen molar-refractivity contribution in [3.63, 3.8) is 0 Å². The standard InChI is InChI=1S/C19H34.C7H14/c1-3-4-11-17-14(2)13-16-10-7-12-18(16)19(17)15-8-5-6-9-15;1-7-5-3-2-4-6-7/h14-19H,3-13H2,1-2H3;7H,2-6H2,1H3. The lowest BCUT2D eigenvalue weighted by atomic mass is 9.58. The summed E-state index contributed by atoms with van der Waals surface area (Å²) in [6.45, 7) is 7.33. The van der Waals surface area contributed by atoms with E-state index in [9.17, 15) is 0 Å². The quantitative estimate of drug-likeness (QED) is 0.470. The molecule has 0 aromatic heterocycles. The van der Waals surface area contributed by atoms with Crippen molar-refractivity contribution >= 4 is 0 Å². The second-order valence-corrected chi connectivity index (χ2v) is 10.7. The minimum absolute atomic E-state index is 1.02. The maximum absolute atomic E-state index is 2.59. The summed E-state index contributed by atoms with van der Waals surface area (Å²) < 4.78 is 0. The first-order valence-electron chi connectivity index (χ1n) is 12.7. The Morgan fingerprint density at radius 1 is 0.692 bits per heavy atom. The van der Waals surface area contributed by atoms with Crippen molar-refractivity contribution in [2.24, 2.45) is 41.4 Å². The monoisotopic (exact) mass is 360 g/mol. The molecular weight excluding hydrogens is 312 g/mol. The number of rotatable bonds is 4. The molecule has 0 aliphatic heterocycles. The minimum Gasteiger partial charge on any atom is -0.0654 e. The highest BCUT2D eigenvalue weighted by Crippen LogP contribution is 2.56. The average molecular weight is 361 g/mol. The molecule has 0 saturated heterocycles. The highest BCUT2D eigenvalue weighted by atomic mass is 14.5. The van der Waals surface area contributed by atoms with Crippen LogP contribution in [0.3, 0.4) is 0 Å². The van der Waals surface area contributed by atoms with E-state index in [0.29, 0.717) is 0 Å². The van der Waals surface area contributed by atoms with E-state index >= 15 is 0 Å². The maximum atomic E-state index is 2.59. The number of hydrogen-bond donors (Lipinski definition) is 0. The largest absolute Gasteiger partial charge is 0.0654 e. The van der Waals surface area contributed by atoms with Gasteiger partial charge in [-0.2, -0.15) is 0 Å². The van der Waals surface area contributed by atoms with Crippen LogP contribution in [0.15, 0.2) is 0 Å². The third kappa shape index (κ3) is 5.29. The van der Waals surface area contributed by atoms with Crippen molar-refractivity contribution < 1.29 is 0 Å². The Balaban J connectivity index is 0.000000236. The second-order valence-electron chi connectivity index (χ2n) is 10.7. The van der Waals surface area contributed by atoms with E-state index in [1.807, 2.05) is 0 Å². The van der Waals surface area contributed by atoms with Crippen molar-refractivity contribution in [3.05, 3.63) is 0 Å². The van der Waals surface area contributed by atoms with Crippen LogP contribution in [0.5, 0.6) is 0 Å². The van der Waals surface area contributed by atoms with Crippen LogP contribution in [0.2, 0.25) is 0 Å². The molecular formula is C26H48. The molecule has 4 aliphatic rings. The zero-order valence-corrected chi connectivity index (χ0v) is 18.4. The molecule has 0 aromatic carbocycles. The van der Waals surface area contributed by atoms with Gasteiger partial charge >= 0.3 is 0 Å². The molecule has 0 aromatic rings. The Labute approximate surface area is 165 Å². The van der Waals surface area contributed by atoms with E-state index in [-0.39, 0.29) is 0 Å². The molecule has 0 bridgehead atoms. The first-order valence-corrected chi connectivity index (χ1v) is 12.7. The van der Waals surface area contributed by atoms with Gasteiger partial charge in [-0.15, -0.1) is 0 Å². The predicted molar refractivity (Wildman–Crippen MR) is 115 cm³/mol. The van der Waals surface area contributed by atoms with Crippen molar-refractivity contribution in [3.8, 4) is 0 Å². The Kier molecular flexibility index (Phi) is 8.39. The van der Waals surface area contributed by atoms with Gasteiger partial charge in [0.1, 0.15) is 0 Å². The Morgan fingerprint density at radius 2 is 1.35 bits per heavy atom. The van der Waals surface area contributed by atoms with Gasteiger partial charge in [0, 0.05) is 0 Å². The number of unbranched alkanes of at least 4 members (excludes halogenated alkanes) is 1. The lowest BCUT2D eigenvalue weighted by Crippen LogP contribution is -2.40.